The minimum absolute atomic E-state index is 0.366. The van der Waals surface area contributed by atoms with E-state index in [9.17, 15) is 0 Å². The summed E-state index contributed by atoms with van der Waals surface area (Å²) in [5.41, 5.74) is 9.74. The summed E-state index contributed by atoms with van der Waals surface area (Å²) in [6.45, 7) is 4.97. The molecular formula is C15H24N2O. The van der Waals surface area contributed by atoms with Crippen LogP contribution in [0.2, 0.25) is 0 Å². The number of hydrogen-bond donors (Lipinski definition) is 1. The first kappa shape index (κ1) is 13.4. The van der Waals surface area contributed by atoms with Gasteiger partial charge in [0.2, 0.25) is 0 Å². The van der Waals surface area contributed by atoms with Crippen molar-refractivity contribution in [3.63, 3.8) is 0 Å². The lowest BCUT2D eigenvalue weighted by Gasteiger charge is -2.35. The predicted molar refractivity (Wildman–Crippen MR) is 76.2 cm³/mol. The van der Waals surface area contributed by atoms with Crippen LogP contribution in [0.4, 0.5) is 5.69 Å². The highest BCUT2D eigenvalue weighted by Gasteiger charge is 2.21. The van der Waals surface area contributed by atoms with E-state index in [0.717, 1.165) is 19.5 Å². The molecule has 18 heavy (non-hydrogen) atoms. The van der Waals surface area contributed by atoms with Crippen molar-refractivity contribution in [3.05, 3.63) is 29.3 Å². The zero-order valence-electron chi connectivity index (χ0n) is 11.5. The first-order chi connectivity index (χ1) is 8.74. The Kier molecular flexibility index (Phi) is 4.61. The largest absolute Gasteiger partial charge is 0.380 e. The van der Waals surface area contributed by atoms with Crippen molar-refractivity contribution in [2.24, 2.45) is 5.73 Å². The number of nitrogens with zero attached hydrogens (tertiary/aromatic N) is 1. The van der Waals surface area contributed by atoms with Crippen molar-refractivity contribution in [1.82, 2.24) is 0 Å². The summed E-state index contributed by atoms with van der Waals surface area (Å²) < 4.78 is 5.50. The average molecular weight is 248 g/mol. The molecule has 2 rings (SSSR count). The second kappa shape index (κ2) is 6.21. The number of methoxy groups -OCH3 is 1. The molecule has 3 heteroatoms. The molecule has 1 atom stereocenters. The fraction of sp³-hybridized carbons (Fsp3) is 0.600. The zero-order valence-corrected chi connectivity index (χ0v) is 11.5. The van der Waals surface area contributed by atoms with Gasteiger partial charge in [-0.05, 0) is 44.4 Å². The Morgan fingerprint density at radius 1 is 1.44 bits per heavy atom. The van der Waals surface area contributed by atoms with E-state index < -0.39 is 0 Å². The van der Waals surface area contributed by atoms with E-state index in [1.807, 2.05) is 7.11 Å². The molecule has 0 bridgehead atoms. The second-order valence-corrected chi connectivity index (χ2v) is 5.12. The Balaban J connectivity index is 2.20. The fourth-order valence-electron chi connectivity index (χ4n) is 2.73. The molecule has 3 nitrogen and oxygen atoms in total. The number of nitrogens with two attached hydrogens (primary N) is 1. The van der Waals surface area contributed by atoms with Gasteiger partial charge in [0.15, 0.2) is 0 Å². The molecule has 1 saturated heterocycles. The predicted octanol–water partition coefficient (Wildman–Crippen LogP) is 2.11. The maximum absolute atomic E-state index is 5.72. The molecule has 0 radical (unpaired) electrons. The van der Waals surface area contributed by atoms with E-state index >= 15 is 0 Å². The van der Waals surface area contributed by atoms with Crippen LogP contribution in [0.25, 0.3) is 0 Å². The van der Waals surface area contributed by atoms with E-state index in [2.05, 4.69) is 30.0 Å². The van der Waals surface area contributed by atoms with Crippen LogP contribution in [-0.2, 0) is 11.2 Å². The number of hydrogen-bond acceptors (Lipinski definition) is 3. The van der Waals surface area contributed by atoms with Crippen LogP contribution in [0, 0.1) is 6.92 Å². The van der Waals surface area contributed by atoms with E-state index in [1.54, 1.807) is 0 Å². The van der Waals surface area contributed by atoms with Crippen LogP contribution in [-0.4, -0.2) is 32.8 Å². The molecule has 1 fully saturated rings. The summed E-state index contributed by atoms with van der Waals surface area (Å²) >= 11 is 0. The highest BCUT2D eigenvalue weighted by Crippen LogP contribution is 2.26. The monoisotopic (exact) mass is 248 g/mol. The summed E-state index contributed by atoms with van der Waals surface area (Å²) in [6, 6.07) is 6.68. The molecule has 1 aliphatic rings. The number of benzene rings is 1. The third-order valence-corrected chi connectivity index (χ3v) is 3.70. The summed E-state index contributed by atoms with van der Waals surface area (Å²) in [4.78, 5) is 2.45. The number of rotatable bonds is 4. The van der Waals surface area contributed by atoms with Crippen LogP contribution in [0.15, 0.2) is 18.2 Å². The number of piperidine rings is 1. The molecule has 1 aromatic rings. The molecular weight excluding hydrogens is 224 g/mol. The van der Waals surface area contributed by atoms with Crippen molar-refractivity contribution >= 4 is 5.69 Å². The van der Waals surface area contributed by atoms with Crippen molar-refractivity contribution in [2.75, 3.05) is 31.6 Å². The van der Waals surface area contributed by atoms with Gasteiger partial charge in [0.05, 0.1) is 6.10 Å². The molecule has 2 N–H and O–H groups in total. The van der Waals surface area contributed by atoms with Gasteiger partial charge >= 0.3 is 0 Å². The topological polar surface area (TPSA) is 38.5 Å². The minimum Gasteiger partial charge on any atom is -0.380 e. The van der Waals surface area contributed by atoms with Crippen LogP contribution >= 0.6 is 0 Å². The lowest BCUT2D eigenvalue weighted by atomic mass is 10.0. The van der Waals surface area contributed by atoms with Crippen molar-refractivity contribution in [2.45, 2.75) is 32.3 Å². The van der Waals surface area contributed by atoms with E-state index in [1.165, 1.54) is 29.7 Å². The normalized spacial score (nSPS) is 20.2. The Labute approximate surface area is 110 Å². The number of aryl methyl sites for hydroxylation is 1. The highest BCUT2D eigenvalue weighted by atomic mass is 16.5. The summed E-state index contributed by atoms with van der Waals surface area (Å²) in [6.07, 6.45) is 3.69. The summed E-state index contributed by atoms with van der Waals surface area (Å²) in [7, 11) is 1.81. The van der Waals surface area contributed by atoms with Gasteiger partial charge in [0.25, 0.3) is 0 Å². The molecule has 0 amide bonds. The SMILES string of the molecule is COC1CCCN(c2ccc(C)cc2CCN)C1. The molecule has 1 heterocycles. The Morgan fingerprint density at radius 3 is 3.00 bits per heavy atom. The number of ether oxygens (including phenoxy) is 1. The van der Waals surface area contributed by atoms with Crippen molar-refractivity contribution in [1.29, 1.82) is 0 Å². The first-order valence-corrected chi connectivity index (χ1v) is 6.82. The maximum atomic E-state index is 5.72. The molecule has 1 aromatic carbocycles. The van der Waals surface area contributed by atoms with E-state index in [4.69, 9.17) is 10.5 Å². The Morgan fingerprint density at radius 2 is 2.28 bits per heavy atom. The van der Waals surface area contributed by atoms with E-state index in [0.29, 0.717) is 12.6 Å². The van der Waals surface area contributed by atoms with Crippen LogP contribution < -0.4 is 10.6 Å². The van der Waals surface area contributed by atoms with Gasteiger partial charge in [-0.15, -0.1) is 0 Å². The van der Waals surface area contributed by atoms with Gasteiger partial charge in [-0.3, -0.25) is 0 Å². The molecule has 0 aliphatic carbocycles. The molecule has 0 saturated carbocycles. The molecule has 1 unspecified atom stereocenters. The number of anilines is 1. The molecule has 100 valence electrons. The quantitative estimate of drug-likeness (QED) is 0.887. The smallest absolute Gasteiger partial charge is 0.0746 e. The Hall–Kier alpha value is -1.06. The first-order valence-electron chi connectivity index (χ1n) is 6.82. The van der Waals surface area contributed by atoms with Gasteiger partial charge in [0, 0.05) is 25.9 Å². The van der Waals surface area contributed by atoms with Crippen LogP contribution in [0.5, 0.6) is 0 Å². The van der Waals surface area contributed by atoms with Gasteiger partial charge < -0.3 is 15.4 Å². The average Bonchev–Trinajstić information content (AvgIpc) is 2.39. The van der Waals surface area contributed by atoms with Gasteiger partial charge in [-0.2, -0.15) is 0 Å². The summed E-state index contributed by atoms with van der Waals surface area (Å²) in [5, 5.41) is 0. The van der Waals surface area contributed by atoms with Crippen molar-refractivity contribution in [3.8, 4) is 0 Å². The maximum Gasteiger partial charge on any atom is 0.0746 e. The minimum atomic E-state index is 0.366. The van der Waals surface area contributed by atoms with Gasteiger partial charge in [-0.1, -0.05) is 17.7 Å². The standard InChI is InChI=1S/C15H24N2O/c1-12-5-6-15(13(10-12)7-8-16)17-9-3-4-14(11-17)18-2/h5-6,10,14H,3-4,7-9,11,16H2,1-2H3. The van der Waals surface area contributed by atoms with Gasteiger partial charge in [0.1, 0.15) is 0 Å². The third kappa shape index (κ3) is 3.03. The van der Waals surface area contributed by atoms with Crippen LogP contribution in [0.1, 0.15) is 24.0 Å². The fourth-order valence-corrected chi connectivity index (χ4v) is 2.73. The van der Waals surface area contributed by atoms with E-state index in [-0.39, 0.29) is 0 Å². The second-order valence-electron chi connectivity index (χ2n) is 5.12. The zero-order chi connectivity index (χ0) is 13.0. The Bertz CT molecular complexity index is 392. The summed E-state index contributed by atoms with van der Waals surface area (Å²) in [5.74, 6) is 0. The van der Waals surface area contributed by atoms with Gasteiger partial charge in [-0.25, -0.2) is 0 Å². The molecule has 1 aliphatic heterocycles. The molecule has 0 aromatic heterocycles. The van der Waals surface area contributed by atoms with Crippen LogP contribution in [0.3, 0.4) is 0 Å². The third-order valence-electron chi connectivity index (χ3n) is 3.70. The lowest BCUT2D eigenvalue weighted by Crippen LogP contribution is -2.39. The highest BCUT2D eigenvalue weighted by molar-refractivity contribution is 5.55. The van der Waals surface area contributed by atoms with Crippen molar-refractivity contribution < 1.29 is 4.74 Å². The lowest BCUT2D eigenvalue weighted by molar-refractivity contribution is 0.0893. The molecule has 0 spiro atoms.